The molecular weight excluding hydrogens is 447 g/mol. The summed E-state index contributed by atoms with van der Waals surface area (Å²) < 4.78 is 40.5. The van der Waals surface area contributed by atoms with E-state index in [9.17, 15) is 14.2 Å². The normalized spacial score (nSPS) is 20.4. The molecule has 1 aliphatic carbocycles. The van der Waals surface area contributed by atoms with Gasteiger partial charge in [-0.3, -0.25) is 4.57 Å². The molecular formula is C24H29O8P. The molecule has 0 heterocycles. The van der Waals surface area contributed by atoms with Gasteiger partial charge in [0.1, 0.15) is 18.6 Å². The second-order valence-electron chi connectivity index (χ2n) is 7.46. The van der Waals surface area contributed by atoms with E-state index < -0.39 is 37.8 Å². The van der Waals surface area contributed by atoms with Crippen molar-refractivity contribution in [1.29, 1.82) is 0 Å². The van der Waals surface area contributed by atoms with Crippen molar-refractivity contribution in [2.24, 2.45) is 0 Å². The van der Waals surface area contributed by atoms with E-state index in [2.05, 4.69) is 0 Å². The van der Waals surface area contributed by atoms with Crippen molar-refractivity contribution in [1.82, 2.24) is 0 Å². The number of benzene rings is 2. The van der Waals surface area contributed by atoms with Gasteiger partial charge in [-0.25, -0.2) is 9.59 Å². The Hall–Kier alpha value is -2.51. The molecule has 33 heavy (non-hydrogen) atoms. The van der Waals surface area contributed by atoms with Crippen LogP contribution < -0.4 is 0 Å². The Morgan fingerprint density at radius 1 is 0.788 bits per heavy atom. The maximum absolute atomic E-state index is 12.8. The number of carbonyl (C=O) groups is 2. The van der Waals surface area contributed by atoms with Gasteiger partial charge in [0.25, 0.3) is 0 Å². The van der Waals surface area contributed by atoms with Gasteiger partial charge in [0.2, 0.25) is 0 Å². The number of hydrogen-bond donors (Lipinski definition) is 0. The molecule has 0 N–H and O–H groups in total. The minimum atomic E-state index is -3.46. The third-order valence-electron chi connectivity index (χ3n) is 5.05. The van der Waals surface area contributed by atoms with Crippen LogP contribution in [0.3, 0.4) is 0 Å². The zero-order valence-electron chi connectivity index (χ0n) is 18.8. The van der Waals surface area contributed by atoms with E-state index in [0.29, 0.717) is 11.1 Å². The average Bonchev–Trinajstić information content (AvgIpc) is 3.20. The summed E-state index contributed by atoms with van der Waals surface area (Å²) >= 11 is 0. The lowest BCUT2D eigenvalue weighted by Crippen LogP contribution is -2.29. The standard InChI is InChI=1S/C24H29O8P/c1-3-29-33(27,30-4-2)17-28-21-15-20(31-23(25)18-11-7-5-8-12-18)16-22(21)32-24(26)19-13-9-6-10-14-19/h5-14,20-22H,3-4,15-17H2,1-2H3/t20-,21+,22+/m0/s1. The Morgan fingerprint density at radius 3 is 1.79 bits per heavy atom. The van der Waals surface area contributed by atoms with E-state index in [4.69, 9.17) is 23.3 Å². The molecule has 0 saturated heterocycles. The number of carbonyl (C=O) groups excluding carboxylic acids is 2. The molecule has 2 aromatic rings. The Morgan fingerprint density at radius 2 is 1.27 bits per heavy atom. The van der Waals surface area contributed by atoms with E-state index in [0.717, 1.165) is 0 Å². The molecule has 0 radical (unpaired) electrons. The maximum atomic E-state index is 12.8. The van der Waals surface area contributed by atoms with Gasteiger partial charge in [0.15, 0.2) is 0 Å². The van der Waals surface area contributed by atoms with Crippen molar-refractivity contribution in [2.45, 2.75) is 45.0 Å². The highest BCUT2D eigenvalue weighted by Gasteiger charge is 2.41. The Labute approximate surface area is 193 Å². The van der Waals surface area contributed by atoms with Crippen molar-refractivity contribution >= 4 is 19.5 Å². The monoisotopic (exact) mass is 476 g/mol. The van der Waals surface area contributed by atoms with Gasteiger partial charge in [0, 0.05) is 12.8 Å². The van der Waals surface area contributed by atoms with Gasteiger partial charge in [-0.15, -0.1) is 0 Å². The molecule has 0 amide bonds. The van der Waals surface area contributed by atoms with Crippen LogP contribution in [0.4, 0.5) is 0 Å². The average molecular weight is 476 g/mol. The highest BCUT2D eigenvalue weighted by Crippen LogP contribution is 2.48. The molecule has 3 rings (SSSR count). The summed E-state index contributed by atoms with van der Waals surface area (Å²) in [4.78, 5) is 25.1. The molecule has 0 spiro atoms. The van der Waals surface area contributed by atoms with Crippen LogP contribution in [0.2, 0.25) is 0 Å². The second kappa shape index (κ2) is 12.1. The molecule has 0 aliphatic heterocycles. The largest absolute Gasteiger partial charge is 0.459 e. The van der Waals surface area contributed by atoms with Crippen molar-refractivity contribution in [3.8, 4) is 0 Å². The van der Waals surface area contributed by atoms with E-state index in [1.54, 1.807) is 68.4 Å². The van der Waals surface area contributed by atoms with Crippen molar-refractivity contribution in [3.63, 3.8) is 0 Å². The third kappa shape index (κ3) is 7.24. The lowest BCUT2D eigenvalue weighted by Gasteiger charge is -2.23. The molecule has 0 unspecified atom stereocenters. The Bertz CT molecular complexity index is 939. The van der Waals surface area contributed by atoms with E-state index >= 15 is 0 Å². The van der Waals surface area contributed by atoms with Crippen LogP contribution in [0.15, 0.2) is 60.7 Å². The number of ether oxygens (including phenoxy) is 3. The van der Waals surface area contributed by atoms with E-state index in [1.807, 2.05) is 6.07 Å². The SMILES string of the molecule is CCOP(=O)(CO[C@@H]1C[C@H](OC(=O)c2ccccc2)C[C@H]1OC(=O)c1ccccc1)OCC. The molecule has 9 heteroatoms. The van der Waals surface area contributed by atoms with Crippen LogP contribution in [0.5, 0.6) is 0 Å². The lowest BCUT2D eigenvalue weighted by atomic mass is 10.2. The zero-order chi connectivity index (χ0) is 23.7. The van der Waals surface area contributed by atoms with Crippen molar-refractivity contribution in [3.05, 3.63) is 71.8 Å². The minimum Gasteiger partial charge on any atom is -0.459 e. The first-order valence-corrected chi connectivity index (χ1v) is 12.7. The summed E-state index contributed by atoms with van der Waals surface area (Å²) in [5.74, 6) is -0.981. The molecule has 0 bridgehead atoms. The van der Waals surface area contributed by atoms with Crippen LogP contribution >= 0.6 is 7.60 Å². The summed E-state index contributed by atoms with van der Waals surface area (Å²) in [5, 5.41) is 0. The van der Waals surface area contributed by atoms with E-state index in [-0.39, 0.29) is 32.4 Å². The fourth-order valence-corrected chi connectivity index (χ4v) is 4.96. The van der Waals surface area contributed by atoms with Gasteiger partial charge in [-0.1, -0.05) is 36.4 Å². The predicted octanol–water partition coefficient (Wildman–Crippen LogP) is 4.84. The topological polar surface area (TPSA) is 97.4 Å². The van der Waals surface area contributed by atoms with Crippen molar-refractivity contribution < 1.29 is 37.4 Å². The van der Waals surface area contributed by atoms with Gasteiger partial charge < -0.3 is 23.3 Å². The molecule has 0 aromatic heterocycles. The number of rotatable bonds is 11. The third-order valence-corrected chi connectivity index (χ3v) is 6.82. The Balaban J connectivity index is 1.69. The predicted molar refractivity (Wildman–Crippen MR) is 121 cm³/mol. The van der Waals surface area contributed by atoms with Crippen molar-refractivity contribution in [2.75, 3.05) is 19.6 Å². The van der Waals surface area contributed by atoms with Crippen LogP contribution in [0, 0.1) is 0 Å². The second-order valence-corrected chi connectivity index (χ2v) is 9.45. The maximum Gasteiger partial charge on any atom is 0.356 e. The first kappa shape index (κ1) is 25.1. The summed E-state index contributed by atoms with van der Waals surface area (Å²) in [6, 6.07) is 17.2. The molecule has 178 valence electrons. The lowest BCUT2D eigenvalue weighted by molar-refractivity contribution is -0.0300. The van der Waals surface area contributed by atoms with Crippen LogP contribution in [-0.4, -0.2) is 49.8 Å². The summed E-state index contributed by atoms with van der Waals surface area (Å²) in [6.45, 7) is 3.83. The smallest absolute Gasteiger partial charge is 0.356 e. The number of esters is 2. The molecule has 1 saturated carbocycles. The summed E-state index contributed by atoms with van der Waals surface area (Å²) in [6.07, 6.45) is -1.62. The van der Waals surface area contributed by atoms with Gasteiger partial charge >= 0.3 is 19.5 Å². The first-order valence-electron chi connectivity index (χ1n) is 11.0. The van der Waals surface area contributed by atoms with Crippen LogP contribution in [-0.2, 0) is 27.8 Å². The molecule has 1 fully saturated rings. The molecule has 1 aliphatic rings. The Kier molecular flexibility index (Phi) is 9.21. The molecule has 8 nitrogen and oxygen atoms in total. The fraction of sp³-hybridized carbons (Fsp3) is 0.417. The summed E-state index contributed by atoms with van der Waals surface area (Å²) in [7, 11) is -3.46. The quantitative estimate of drug-likeness (QED) is 0.336. The van der Waals surface area contributed by atoms with Crippen LogP contribution in [0.1, 0.15) is 47.4 Å². The number of hydrogen-bond acceptors (Lipinski definition) is 8. The van der Waals surface area contributed by atoms with Gasteiger partial charge in [-0.2, -0.15) is 0 Å². The minimum absolute atomic E-state index is 0.203. The highest BCUT2D eigenvalue weighted by molar-refractivity contribution is 7.53. The molecule has 2 aromatic carbocycles. The first-order chi connectivity index (χ1) is 15.9. The summed E-state index contributed by atoms with van der Waals surface area (Å²) in [5.41, 5.74) is 0.826. The van der Waals surface area contributed by atoms with Crippen LogP contribution in [0.25, 0.3) is 0 Å². The molecule has 3 atom stereocenters. The van der Waals surface area contributed by atoms with Gasteiger partial charge in [-0.05, 0) is 38.1 Å². The van der Waals surface area contributed by atoms with E-state index in [1.165, 1.54) is 0 Å². The van der Waals surface area contributed by atoms with Gasteiger partial charge in [0.05, 0.1) is 30.4 Å². The fourth-order valence-electron chi connectivity index (χ4n) is 3.58. The zero-order valence-corrected chi connectivity index (χ0v) is 19.6. The highest BCUT2D eigenvalue weighted by atomic mass is 31.2.